The molecule has 1 aliphatic heterocycles. The normalized spacial score (nSPS) is 16.3. The number of anilines is 1. The van der Waals surface area contributed by atoms with Gasteiger partial charge >= 0.3 is 5.97 Å². The lowest BCUT2D eigenvalue weighted by molar-refractivity contribution is -0.201. The zero-order valence-corrected chi connectivity index (χ0v) is 14.4. The minimum absolute atomic E-state index is 0.232. The van der Waals surface area contributed by atoms with Gasteiger partial charge in [0.25, 0.3) is 0 Å². The number of nitrogens with two attached hydrogens (primary N) is 1. The highest BCUT2D eigenvalue weighted by Gasteiger charge is 2.28. The van der Waals surface area contributed by atoms with Crippen molar-refractivity contribution in [3.8, 4) is 0 Å². The van der Waals surface area contributed by atoms with Crippen molar-refractivity contribution in [2.75, 3.05) is 37.6 Å². The maximum absolute atomic E-state index is 14.3. The van der Waals surface area contributed by atoms with Crippen LogP contribution < -0.4 is 10.6 Å². The van der Waals surface area contributed by atoms with E-state index in [-0.39, 0.29) is 23.8 Å². The number of nitrogens with zero attached hydrogens (tertiary/aromatic N) is 2. The van der Waals surface area contributed by atoms with Crippen molar-refractivity contribution in [3.63, 3.8) is 0 Å². The number of hydroxylamine groups is 2. The van der Waals surface area contributed by atoms with Crippen LogP contribution in [-0.2, 0) is 16.1 Å². The van der Waals surface area contributed by atoms with Crippen molar-refractivity contribution in [2.24, 2.45) is 11.1 Å². The molecule has 7 heteroatoms. The van der Waals surface area contributed by atoms with Crippen molar-refractivity contribution in [2.45, 2.75) is 27.2 Å². The average Bonchev–Trinajstić information content (AvgIpc) is 2.51. The Labute approximate surface area is 141 Å². The van der Waals surface area contributed by atoms with Gasteiger partial charge in [0.05, 0.1) is 24.2 Å². The Balaban J connectivity index is 2.00. The molecule has 0 spiro atoms. The van der Waals surface area contributed by atoms with Gasteiger partial charge < -0.3 is 15.5 Å². The number of hydrogen-bond donors (Lipinski definition) is 1. The van der Waals surface area contributed by atoms with Crippen LogP contribution in [0.3, 0.4) is 0 Å². The molecule has 1 aromatic rings. The molecule has 0 aliphatic carbocycles. The van der Waals surface area contributed by atoms with Gasteiger partial charge in [0.15, 0.2) is 0 Å². The molecule has 0 bridgehead atoms. The number of hydrogen-bond acceptors (Lipinski definition) is 5. The summed E-state index contributed by atoms with van der Waals surface area (Å²) in [6, 6.07) is 2.43. The minimum Gasteiger partial charge on any atom is -0.367 e. The monoisotopic (exact) mass is 341 g/mol. The van der Waals surface area contributed by atoms with Crippen LogP contribution in [0.2, 0.25) is 0 Å². The Kier molecular flexibility index (Phi) is 5.77. The van der Waals surface area contributed by atoms with E-state index in [9.17, 15) is 13.6 Å². The van der Waals surface area contributed by atoms with Crippen LogP contribution in [0.1, 0.15) is 26.3 Å². The van der Waals surface area contributed by atoms with Crippen LogP contribution in [0.4, 0.5) is 14.5 Å². The van der Waals surface area contributed by atoms with Gasteiger partial charge in [-0.25, -0.2) is 13.6 Å². The van der Waals surface area contributed by atoms with E-state index in [0.29, 0.717) is 32.6 Å². The Bertz CT molecular complexity index is 594. The summed E-state index contributed by atoms with van der Waals surface area (Å²) in [5.41, 5.74) is 5.34. The highest BCUT2D eigenvalue weighted by Crippen LogP contribution is 2.25. The smallest absolute Gasteiger partial charge is 0.330 e. The third-order valence-electron chi connectivity index (χ3n) is 3.93. The first kappa shape index (κ1) is 18.6. The Morgan fingerprint density at radius 2 is 1.79 bits per heavy atom. The second-order valence-electron chi connectivity index (χ2n) is 6.98. The second-order valence-corrected chi connectivity index (χ2v) is 6.98. The van der Waals surface area contributed by atoms with Crippen LogP contribution in [0.5, 0.6) is 0 Å². The van der Waals surface area contributed by atoms with Crippen molar-refractivity contribution in [3.05, 3.63) is 29.3 Å². The van der Waals surface area contributed by atoms with E-state index < -0.39 is 17.0 Å². The molecule has 0 saturated carbocycles. The van der Waals surface area contributed by atoms with E-state index in [2.05, 4.69) is 0 Å². The largest absolute Gasteiger partial charge is 0.367 e. The molecule has 1 aliphatic rings. The fraction of sp³-hybridized carbons (Fsp3) is 0.588. The third-order valence-corrected chi connectivity index (χ3v) is 3.93. The molecule has 0 radical (unpaired) electrons. The van der Waals surface area contributed by atoms with Crippen LogP contribution in [0.15, 0.2) is 12.1 Å². The van der Waals surface area contributed by atoms with E-state index in [0.717, 1.165) is 0 Å². The highest BCUT2D eigenvalue weighted by molar-refractivity contribution is 5.75. The maximum Gasteiger partial charge on any atom is 0.330 e. The van der Waals surface area contributed by atoms with Crippen molar-refractivity contribution < 1.29 is 18.4 Å². The van der Waals surface area contributed by atoms with Crippen molar-refractivity contribution in [1.29, 1.82) is 0 Å². The van der Waals surface area contributed by atoms with Gasteiger partial charge in [-0.2, -0.15) is 0 Å². The molecule has 1 heterocycles. The van der Waals surface area contributed by atoms with E-state index in [1.807, 2.05) is 0 Å². The summed E-state index contributed by atoms with van der Waals surface area (Å²) in [5.74, 6) is -1.21. The molecular weight excluding hydrogens is 316 g/mol. The molecule has 2 N–H and O–H groups in total. The fourth-order valence-electron chi connectivity index (χ4n) is 2.44. The standard InChI is InChI=1S/C17H25F2N3O2/c1-17(2,3)16(23)24-22-8-6-21(7-9-22)15-11-13(18)12(4-5-20)10-14(15)19/h10-11H,4-9,20H2,1-3H3. The quantitative estimate of drug-likeness (QED) is 0.909. The number of carbonyl (C=O) groups excluding carboxylic acids is 1. The number of benzene rings is 1. The molecule has 5 nitrogen and oxygen atoms in total. The van der Waals surface area contributed by atoms with Crippen LogP contribution in [-0.4, -0.2) is 43.8 Å². The topological polar surface area (TPSA) is 58.8 Å². The van der Waals surface area contributed by atoms with Crippen LogP contribution in [0.25, 0.3) is 0 Å². The van der Waals surface area contributed by atoms with Crippen LogP contribution >= 0.6 is 0 Å². The second kappa shape index (κ2) is 7.44. The molecule has 1 aromatic carbocycles. The molecule has 0 atom stereocenters. The van der Waals surface area contributed by atoms with Crippen LogP contribution in [0, 0.1) is 17.0 Å². The highest BCUT2D eigenvalue weighted by atomic mass is 19.1. The SMILES string of the molecule is CC(C)(C)C(=O)ON1CCN(c2cc(F)c(CCN)cc2F)CC1. The summed E-state index contributed by atoms with van der Waals surface area (Å²) in [4.78, 5) is 19.0. The van der Waals surface area contributed by atoms with Gasteiger partial charge in [-0.1, -0.05) is 0 Å². The maximum atomic E-state index is 14.3. The summed E-state index contributed by atoms with van der Waals surface area (Å²) >= 11 is 0. The number of piperazine rings is 1. The predicted molar refractivity (Wildman–Crippen MR) is 88.4 cm³/mol. The predicted octanol–water partition coefficient (Wildman–Crippen LogP) is 2.09. The molecule has 1 saturated heterocycles. The van der Waals surface area contributed by atoms with Gasteiger partial charge in [-0.3, -0.25) is 0 Å². The zero-order chi connectivity index (χ0) is 17.9. The Morgan fingerprint density at radius 3 is 2.33 bits per heavy atom. The number of rotatable bonds is 4. The molecule has 0 aromatic heterocycles. The molecular formula is C17H25F2N3O2. The Hall–Kier alpha value is -1.73. The lowest BCUT2D eigenvalue weighted by Crippen LogP contribution is -2.48. The summed E-state index contributed by atoms with van der Waals surface area (Å²) in [6.07, 6.45) is 0.305. The van der Waals surface area contributed by atoms with Crippen molar-refractivity contribution in [1.82, 2.24) is 5.06 Å². The van der Waals surface area contributed by atoms with Gasteiger partial charge in [0.1, 0.15) is 11.6 Å². The Morgan fingerprint density at radius 1 is 1.17 bits per heavy atom. The zero-order valence-electron chi connectivity index (χ0n) is 14.4. The minimum atomic E-state index is -0.578. The lowest BCUT2D eigenvalue weighted by Gasteiger charge is -2.36. The molecule has 0 unspecified atom stereocenters. The first-order valence-corrected chi connectivity index (χ1v) is 8.12. The first-order chi connectivity index (χ1) is 11.2. The molecule has 24 heavy (non-hydrogen) atoms. The summed E-state index contributed by atoms with van der Waals surface area (Å²) in [6.45, 7) is 7.40. The van der Waals surface area contributed by atoms with E-state index in [4.69, 9.17) is 10.6 Å². The number of halogens is 2. The summed E-state index contributed by atoms with van der Waals surface area (Å²) < 4.78 is 28.3. The van der Waals surface area contributed by atoms with Gasteiger partial charge in [-0.05, 0) is 45.4 Å². The van der Waals surface area contributed by atoms with Crippen molar-refractivity contribution >= 4 is 11.7 Å². The molecule has 1 fully saturated rings. The molecule has 134 valence electrons. The van der Waals surface area contributed by atoms with Gasteiger partial charge in [0.2, 0.25) is 0 Å². The summed E-state index contributed by atoms with van der Waals surface area (Å²) in [5, 5.41) is 1.57. The third kappa shape index (κ3) is 4.42. The lowest BCUT2D eigenvalue weighted by atomic mass is 9.98. The fourth-order valence-corrected chi connectivity index (χ4v) is 2.44. The van der Waals surface area contributed by atoms with E-state index in [1.54, 1.807) is 30.7 Å². The molecule has 2 rings (SSSR count). The van der Waals surface area contributed by atoms with E-state index in [1.165, 1.54) is 12.1 Å². The van der Waals surface area contributed by atoms with E-state index >= 15 is 0 Å². The average molecular weight is 341 g/mol. The van der Waals surface area contributed by atoms with Gasteiger partial charge in [0, 0.05) is 19.2 Å². The molecule has 0 amide bonds. The summed E-state index contributed by atoms with van der Waals surface area (Å²) in [7, 11) is 0. The number of carbonyl (C=O) groups is 1. The first-order valence-electron chi connectivity index (χ1n) is 8.12. The van der Waals surface area contributed by atoms with Gasteiger partial charge in [-0.15, -0.1) is 5.06 Å².